The molecule has 1 aliphatic heterocycles. The van der Waals surface area contributed by atoms with Crippen molar-refractivity contribution in [3.05, 3.63) is 169 Å². The zero-order valence-electron chi connectivity index (χ0n) is 27.2. The van der Waals surface area contributed by atoms with E-state index in [-0.39, 0.29) is 0 Å². The van der Waals surface area contributed by atoms with Crippen molar-refractivity contribution in [3.8, 4) is 5.69 Å². The average molecular weight is 673 g/mol. The van der Waals surface area contributed by atoms with Gasteiger partial charge < -0.3 is 9.88 Å². The van der Waals surface area contributed by atoms with E-state index < -0.39 is 6.29 Å². The SMILES string of the molecule is c1ccc(C2=NC(n3c4ccccc4c4cc(-n5c6ccccc6c6nc7c(cc65)sc5ccccc57)ccc43)N=C(c3ccccc3)N2)cc1. The summed E-state index contributed by atoms with van der Waals surface area (Å²) in [4.78, 5) is 15.8. The highest BCUT2D eigenvalue weighted by molar-refractivity contribution is 7.25. The predicted molar refractivity (Wildman–Crippen MR) is 213 cm³/mol. The molecule has 11 rings (SSSR count). The van der Waals surface area contributed by atoms with E-state index in [1.807, 2.05) is 36.4 Å². The quantitative estimate of drug-likeness (QED) is 0.202. The molecular formula is C44H28N6S. The fourth-order valence-corrected chi connectivity index (χ4v) is 8.77. The lowest BCUT2D eigenvalue weighted by Crippen LogP contribution is -2.36. The minimum absolute atomic E-state index is 0.511. The van der Waals surface area contributed by atoms with Gasteiger partial charge in [0.2, 0.25) is 6.29 Å². The maximum absolute atomic E-state index is 5.33. The van der Waals surface area contributed by atoms with Gasteiger partial charge in [0.15, 0.2) is 0 Å². The lowest BCUT2D eigenvalue weighted by atomic mass is 10.1. The van der Waals surface area contributed by atoms with E-state index in [0.717, 1.165) is 77.7 Å². The van der Waals surface area contributed by atoms with Gasteiger partial charge in [-0.1, -0.05) is 115 Å². The van der Waals surface area contributed by atoms with Gasteiger partial charge in [0.05, 0.1) is 37.8 Å². The third-order valence-electron chi connectivity index (χ3n) is 9.97. The van der Waals surface area contributed by atoms with Crippen LogP contribution in [0.4, 0.5) is 0 Å². The Morgan fingerprint density at radius 2 is 1.08 bits per heavy atom. The van der Waals surface area contributed by atoms with Crippen molar-refractivity contribution in [2.45, 2.75) is 6.29 Å². The second-order valence-electron chi connectivity index (χ2n) is 12.9. The summed E-state index contributed by atoms with van der Waals surface area (Å²) in [7, 11) is 0. The number of aliphatic imine (C=N–C) groups is 2. The van der Waals surface area contributed by atoms with Crippen molar-refractivity contribution in [2.75, 3.05) is 0 Å². The van der Waals surface area contributed by atoms with Gasteiger partial charge in [0, 0.05) is 43.1 Å². The molecule has 0 unspecified atom stereocenters. The normalized spacial score (nSPS) is 13.8. The number of para-hydroxylation sites is 2. The molecule has 0 saturated heterocycles. The van der Waals surface area contributed by atoms with E-state index in [2.05, 4.69) is 136 Å². The molecule has 0 atom stereocenters. The summed E-state index contributed by atoms with van der Waals surface area (Å²) in [5.74, 6) is 1.59. The van der Waals surface area contributed by atoms with Crippen LogP contribution in [0, 0.1) is 0 Å². The highest BCUT2D eigenvalue weighted by Crippen LogP contribution is 2.40. The van der Waals surface area contributed by atoms with Crippen LogP contribution in [0.3, 0.4) is 0 Å². The van der Waals surface area contributed by atoms with Gasteiger partial charge in [-0.25, -0.2) is 15.0 Å². The lowest BCUT2D eigenvalue weighted by molar-refractivity contribution is 0.575. The summed E-state index contributed by atoms with van der Waals surface area (Å²) in [6.07, 6.45) is -0.511. The van der Waals surface area contributed by atoms with Gasteiger partial charge in [-0.15, -0.1) is 11.3 Å². The molecule has 7 heteroatoms. The largest absolute Gasteiger partial charge is 0.324 e. The van der Waals surface area contributed by atoms with Crippen LogP contribution in [0.25, 0.3) is 69.7 Å². The van der Waals surface area contributed by atoms with Gasteiger partial charge >= 0.3 is 0 Å². The Bertz CT molecular complexity index is 3000. The Kier molecular flexibility index (Phi) is 6.08. The smallest absolute Gasteiger partial charge is 0.224 e. The Balaban J connectivity index is 1.15. The van der Waals surface area contributed by atoms with E-state index in [1.54, 1.807) is 11.3 Å². The van der Waals surface area contributed by atoms with Gasteiger partial charge in [-0.05, 0) is 42.5 Å². The monoisotopic (exact) mass is 672 g/mol. The average Bonchev–Trinajstić information content (AvgIpc) is 3.84. The van der Waals surface area contributed by atoms with Crippen molar-refractivity contribution >= 4 is 87.1 Å². The zero-order valence-corrected chi connectivity index (χ0v) is 28.0. The molecule has 1 aliphatic rings. The summed E-state index contributed by atoms with van der Waals surface area (Å²) in [6.45, 7) is 0. The van der Waals surface area contributed by atoms with E-state index in [0.29, 0.717) is 0 Å². The van der Waals surface area contributed by atoms with Crippen molar-refractivity contribution in [1.29, 1.82) is 0 Å². The highest BCUT2D eigenvalue weighted by Gasteiger charge is 2.25. The number of hydrogen-bond acceptors (Lipinski definition) is 5. The van der Waals surface area contributed by atoms with Crippen molar-refractivity contribution in [1.82, 2.24) is 19.4 Å². The summed E-state index contributed by atoms with van der Waals surface area (Å²) in [5.41, 5.74) is 9.60. The molecular weight excluding hydrogens is 645 g/mol. The Morgan fingerprint density at radius 1 is 0.471 bits per heavy atom. The number of fused-ring (bicyclic) bond motifs is 9. The Hall–Kier alpha value is -6.57. The number of pyridine rings is 1. The van der Waals surface area contributed by atoms with Crippen LogP contribution in [0.2, 0.25) is 0 Å². The van der Waals surface area contributed by atoms with E-state index in [4.69, 9.17) is 15.0 Å². The topological polar surface area (TPSA) is 59.5 Å². The van der Waals surface area contributed by atoms with Crippen LogP contribution < -0.4 is 5.32 Å². The first-order valence-corrected chi connectivity index (χ1v) is 17.9. The van der Waals surface area contributed by atoms with E-state index >= 15 is 0 Å². The molecule has 5 heterocycles. The summed E-state index contributed by atoms with van der Waals surface area (Å²) in [6, 6.07) is 55.4. The number of amidine groups is 2. The number of nitrogens with zero attached hydrogens (tertiary/aromatic N) is 5. The number of nitrogens with one attached hydrogen (secondary N) is 1. The summed E-state index contributed by atoms with van der Waals surface area (Å²) >= 11 is 1.80. The minimum Gasteiger partial charge on any atom is -0.324 e. The molecule has 6 nitrogen and oxygen atoms in total. The van der Waals surface area contributed by atoms with Gasteiger partial charge in [-0.3, -0.25) is 4.57 Å². The standard InChI is InChI=1S/C44H28N6S/c1-3-13-27(14-4-1)42-46-43(28-15-5-2-6-16-28)48-44(47-42)50-34-20-10-7-17-30(34)33-25-29(23-24-36(33)50)49-35-21-11-8-18-31(35)40-37(49)26-39-41(45-40)32-19-9-12-22-38(32)51-39/h1-26,44H,(H,46,47,48). The van der Waals surface area contributed by atoms with Crippen LogP contribution in [-0.4, -0.2) is 25.8 Å². The molecule has 1 N–H and O–H groups in total. The number of aromatic nitrogens is 3. The molecule has 240 valence electrons. The van der Waals surface area contributed by atoms with Crippen molar-refractivity contribution < 1.29 is 0 Å². The van der Waals surface area contributed by atoms with Crippen LogP contribution >= 0.6 is 11.3 Å². The molecule has 0 amide bonds. The maximum atomic E-state index is 5.33. The first-order valence-electron chi connectivity index (χ1n) is 17.1. The molecule has 10 aromatic rings. The first-order chi connectivity index (χ1) is 25.3. The Labute approximate surface area is 296 Å². The summed E-state index contributed by atoms with van der Waals surface area (Å²) in [5, 5.41) is 8.20. The first kappa shape index (κ1) is 28.3. The van der Waals surface area contributed by atoms with E-state index in [1.165, 1.54) is 14.8 Å². The van der Waals surface area contributed by atoms with Gasteiger partial charge in [0.25, 0.3) is 0 Å². The molecule has 51 heavy (non-hydrogen) atoms. The van der Waals surface area contributed by atoms with Crippen molar-refractivity contribution in [3.63, 3.8) is 0 Å². The molecule has 6 aromatic carbocycles. The number of rotatable bonds is 4. The number of thiophene rings is 1. The molecule has 0 fully saturated rings. The maximum Gasteiger partial charge on any atom is 0.224 e. The van der Waals surface area contributed by atoms with Crippen molar-refractivity contribution in [2.24, 2.45) is 9.98 Å². The predicted octanol–water partition coefficient (Wildman–Crippen LogP) is 10.6. The number of hydrogen-bond donors (Lipinski definition) is 1. The third kappa shape index (κ3) is 4.32. The number of benzene rings is 6. The fourth-order valence-electron chi connectivity index (χ4n) is 7.69. The van der Waals surface area contributed by atoms with Crippen LogP contribution in [0.1, 0.15) is 17.4 Å². The third-order valence-corrected chi connectivity index (χ3v) is 11.1. The van der Waals surface area contributed by atoms with Gasteiger partial charge in [0.1, 0.15) is 11.7 Å². The van der Waals surface area contributed by atoms with Crippen LogP contribution in [0.5, 0.6) is 0 Å². The van der Waals surface area contributed by atoms with Crippen LogP contribution in [-0.2, 0) is 0 Å². The molecule has 0 saturated carbocycles. The highest BCUT2D eigenvalue weighted by atomic mass is 32.1. The van der Waals surface area contributed by atoms with E-state index in [9.17, 15) is 0 Å². The van der Waals surface area contributed by atoms with Gasteiger partial charge in [-0.2, -0.15) is 0 Å². The lowest BCUT2D eigenvalue weighted by Gasteiger charge is -2.24. The Morgan fingerprint density at radius 3 is 1.82 bits per heavy atom. The fraction of sp³-hybridized carbons (Fsp3) is 0.0227. The molecule has 0 aliphatic carbocycles. The molecule has 0 spiro atoms. The second kappa shape index (κ2) is 11.0. The molecule has 4 aromatic heterocycles. The minimum atomic E-state index is -0.511. The van der Waals surface area contributed by atoms with Crippen LogP contribution in [0.15, 0.2) is 168 Å². The summed E-state index contributed by atoms with van der Waals surface area (Å²) < 4.78 is 7.09. The molecule has 0 bridgehead atoms. The zero-order chi connectivity index (χ0) is 33.5. The second-order valence-corrected chi connectivity index (χ2v) is 14.0. The molecule has 0 radical (unpaired) electrons.